The van der Waals surface area contributed by atoms with E-state index in [1.165, 1.54) is 27.8 Å². The maximum atomic E-state index is 4.55. The van der Waals surface area contributed by atoms with Gasteiger partial charge in [0.2, 0.25) is 0 Å². The highest BCUT2D eigenvalue weighted by Crippen LogP contribution is 2.26. The van der Waals surface area contributed by atoms with Gasteiger partial charge in [-0.25, -0.2) is 0 Å². The van der Waals surface area contributed by atoms with Crippen molar-refractivity contribution in [1.29, 1.82) is 0 Å². The molecular formula is C15H18N2. The average molecular weight is 226 g/mol. The van der Waals surface area contributed by atoms with E-state index < -0.39 is 0 Å². The van der Waals surface area contributed by atoms with Gasteiger partial charge in [-0.3, -0.25) is 9.97 Å². The summed E-state index contributed by atoms with van der Waals surface area (Å²) in [5.74, 6) is 0. The van der Waals surface area contributed by atoms with Crippen molar-refractivity contribution in [3.63, 3.8) is 0 Å². The van der Waals surface area contributed by atoms with Crippen LogP contribution < -0.4 is 0 Å². The van der Waals surface area contributed by atoms with Crippen LogP contribution in [0.5, 0.6) is 0 Å². The van der Waals surface area contributed by atoms with Crippen molar-refractivity contribution in [3.05, 3.63) is 46.3 Å². The molecule has 2 heteroatoms. The average Bonchev–Trinajstić information content (AvgIpc) is 2.31. The SMILES string of the molecule is Cc1ccnc(-c2ncc(C)c(C)c2C)c1C. The zero-order valence-electron chi connectivity index (χ0n) is 11.1. The summed E-state index contributed by atoms with van der Waals surface area (Å²) in [6.45, 7) is 10.6. The lowest BCUT2D eigenvalue weighted by Gasteiger charge is -2.12. The van der Waals surface area contributed by atoms with Crippen molar-refractivity contribution in [2.75, 3.05) is 0 Å². The number of pyridine rings is 2. The molecule has 2 aromatic heterocycles. The number of rotatable bonds is 1. The van der Waals surface area contributed by atoms with E-state index in [0.717, 1.165) is 11.4 Å². The highest BCUT2D eigenvalue weighted by Gasteiger charge is 2.11. The third-order valence-electron chi connectivity index (χ3n) is 3.60. The Kier molecular flexibility index (Phi) is 2.97. The zero-order chi connectivity index (χ0) is 12.6. The van der Waals surface area contributed by atoms with Crippen LogP contribution in [0.15, 0.2) is 18.5 Å². The molecule has 2 aromatic rings. The number of hydrogen-bond acceptors (Lipinski definition) is 2. The van der Waals surface area contributed by atoms with Crippen molar-refractivity contribution in [2.24, 2.45) is 0 Å². The Balaban J connectivity index is 2.69. The van der Waals surface area contributed by atoms with Gasteiger partial charge in [-0.1, -0.05) is 0 Å². The van der Waals surface area contributed by atoms with Gasteiger partial charge in [0.15, 0.2) is 0 Å². The van der Waals surface area contributed by atoms with Crippen LogP contribution in [0.1, 0.15) is 27.8 Å². The Bertz CT molecular complexity index is 571. The predicted molar refractivity (Wildman–Crippen MR) is 71.2 cm³/mol. The molecule has 0 fully saturated rings. The second-order valence-corrected chi connectivity index (χ2v) is 4.64. The van der Waals surface area contributed by atoms with Gasteiger partial charge in [-0.2, -0.15) is 0 Å². The van der Waals surface area contributed by atoms with Crippen LogP contribution in [0.4, 0.5) is 0 Å². The second kappa shape index (κ2) is 4.28. The molecule has 17 heavy (non-hydrogen) atoms. The van der Waals surface area contributed by atoms with Gasteiger partial charge in [0.25, 0.3) is 0 Å². The van der Waals surface area contributed by atoms with E-state index in [1.54, 1.807) is 0 Å². The molecule has 0 aromatic carbocycles. The van der Waals surface area contributed by atoms with Gasteiger partial charge in [0.1, 0.15) is 0 Å². The van der Waals surface area contributed by atoms with Crippen molar-refractivity contribution >= 4 is 0 Å². The Morgan fingerprint density at radius 3 is 2.06 bits per heavy atom. The molecule has 0 aliphatic heterocycles. The Labute approximate surface area is 103 Å². The first-order valence-corrected chi connectivity index (χ1v) is 5.87. The fourth-order valence-corrected chi connectivity index (χ4v) is 1.94. The number of hydrogen-bond donors (Lipinski definition) is 0. The lowest BCUT2D eigenvalue weighted by molar-refractivity contribution is 1.12. The summed E-state index contributed by atoms with van der Waals surface area (Å²) >= 11 is 0. The first-order valence-electron chi connectivity index (χ1n) is 5.87. The molecule has 0 saturated heterocycles. The van der Waals surface area contributed by atoms with E-state index >= 15 is 0 Å². The second-order valence-electron chi connectivity index (χ2n) is 4.64. The summed E-state index contributed by atoms with van der Waals surface area (Å²) in [6, 6.07) is 2.04. The van der Waals surface area contributed by atoms with Gasteiger partial charge in [0.05, 0.1) is 11.4 Å². The minimum absolute atomic E-state index is 1.01. The number of aryl methyl sites for hydroxylation is 2. The monoisotopic (exact) mass is 226 g/mol. The molecule has 88 valence electrons. The summed E-state index contributed by atoms with van der Waals surface area (Å²) in [7, 11) is 0. The third kappa shape index (κ3) is 1.95. The molecular weight excluding hydrogens is 208 g/mol. The highest BCUT2D eigenvalue weighted by atomic mass is 14.8. The van der Waals surface area contributed by atoms with Crippen LogP contribution in [0.2, 0.25) is 0 Å². The van der Waals surface area contributed by atoms with Crippen molar-refractivity contribution in [1.82, 2.24) is 9.97 Å². The lowest BCUT2D eigenvalue weighted by Crippen LogP contribution is -1.99. The Morgan fingerprint density at radius 1 is 0.706 bits per heavy atom. The largest absolute Gasteiger partial charge is 0.254 e. The van der Waals surface area contributed by atoms with Gasteiger partial charge >= 0.3 is 0 Å². The van der Waals surface area contributed by atoms with Crippen LogP contribution in [0, 0.1) is 34.6 Å². The summed E-state index contributed by atoms with van der Waals surface area (Å²) in [6.07, 6.45) is 3.79. The van der Waals surface area contributed by atoms with Gasteiger partial charge < -0.3 is 0 Å². The summed E-state index contributed by atoms with van der Waals surface area (Å²) in [4.78, 5) is 9.03. The first-order chi connectivity index (χ1) is 8.02. The van der Waals surface area contributed by atoms with E-state index in [4.69, 9.17) is 0 Å². The molecule has 0 saturated carbocycles. The standard InChI is InChI=1S/C15H18N2/c1-9-6-7-16-14(12(9)4)15-13(5)11(3)10(2)8-17-15/h6-8H,1-5H3. The topological polar surface area (TPSA) is 25.8 Å². The summed E-state index contributed by atoms with van der Waals surface area (Å²) in [5, 5.41) is 0. The molecule has 0 aliphatic carbocycles. The Hall–Kier alpha value is -1.70. The first kappa shape index (κ1) is 11.8. The highest BCUT2D eigenvalue weighted by molar-refractivity contribution is 5.65. The zero-order valence-corrected chi connectivity index (χ0v) is 11.1. The Morgan fingerprint density at radius 2 is 1.35 bits per heavy atom. The van der Waals surface area contributed by atoms with Crippen LogP contribution >= 0.6 is 0 Å². The molecule has 2 heterocycles. The molecule has 0 bridgehead atoms. The summed E-state index contributed by atoms with van der Waals surface area (Å²) < 4.78 is 0. The van der Waals surface area contributed by atoms with Crippen LogP contribution in [-0.2, 0) is 0 Å². The quantitative estimate of drug-likeness (QED) is 0.741. The molecule has 0 atom stereocenters. The van der Waals surface area contributed by atoms with Crippen LogP contribution in [-0.4, -0.2) is 9.97 Å². The maximum absolute atomic E-state index is 4.55. The molecule has 0 aliphatic rings. The van der Waals surface area contributed by atoms with Crippen molar-refractivity contribution < 1.29 is 0 Å². The molecule has 0 radical (unpaired) electrons. The maximum Gasteiger partial charge on any atom is 0.0920 e. The van der Waals surface area contributed by atoms with E-state index in [0.29, 0.717) is 0 Å². The van der Waals surface area contributed by atoms with E-state index in [2.05, 4.69) is 44.6 Å². The summed E-state index contributed by atoms with van der Waals surface area (Å²) in [5.41, 5.74) is 8.25. The van der Waals surface area contributed by atoms with Crippen molar-refractivity contribution in [2.45, 2.75) is 34.6 Å². The fourth-order valence-electron chi connectivity index (χ4n) is 1.94. The minimum Gasteiger partial charge on any atom is -0.254 e. The molecule has 2 rings (SSSR count). The van der Waals surface area contributed by atoms with Gasteiger partial charge in [-0.05, 0) is 68.5 Å². The molecule has 2 nitrogen and oxygen atoms in total. The molecule has 0 N–H and O–H groups in total. The number of aromatic nitrogens is 2. The van der Waals surface area contributed by atoms with E-state index in [1.807, 2.05) is 18.5 Å². The normalized spacial score (nSPS) is 10.6. The molecule has 0 spiro atoms. The predicted octanol–water partition coefficient (Wildman–Crippen LogP) is 3.69. The minimum atomic E-state index is 1.01. The van der Waals surface area contributed by atoms with Gasteiger partial charge in [0, 0.05) is 12.4 Å². The number of nitrogens with zero attached hydrogens (tertiary/aromatic N) is 2. The molecule has 0 unspecified atom stereocenters. The van der Waals surface area contributed by atoms with E-state index in [9.17, 15) is 0 Å². The van der Waals surface area contributed by atoms with E-state index in [-0.39, 0.29) is 0 Å². The van der Waals surface area contributed by atoms with Gasteiger partial charge in [-0.15, -0.1) is 0 Å². The van der Waals surface area contributed by atoms with Crippen LogP contribution in [0.3, 0.4) is 0 Å². The lowest BCUT2D eigenvalue weighted by atomic mass is 9.99. The molecule has 0 amide bonds. The third-order valence-corrected chi connectivity index (χ3v) is 3.60. The fraction of sp³-hybridized carbons (Fsp3) is 0.333. The van der Waals surface area contributed by atoms with Crippen LogP contribution in [0.25, 0.3) is 11.4 Å². The van der Waals surface area contributed by atoms with Crippen molar-refractivity contribution in [3.8, 4) is 11.4 Å². The smallest absolute Gasteiger partial charge is 0.0920 e.